The first-order valence-electron chi connectivity index (χ1n) is 6.91. The van der Waals surface area contributed by atoms with E-state index in [9.17, 15) is 4.79 Å². The molecule has 0 atom stereocenters. The summed E-state index contributed by atoms with van der Waals surface area (Å²) in [4.78, 5) is 10.7. The molecule has 6 heteroatoms. The molecular weight excluding hydrogens is 286 g/mol. The highest BCUT2D eigenvalue weighted by atomic mass is 32.2. The number of aliphatic carboxylic acids is 1. The number of aromatic nitrogens is 3. The Kier molecular flexibility index (Phi) is 5.38. The highest BCUT2D eigenvalue weighted by Gasteiger charge is 2.15. The topological polar surface area (TPSA) is 68.0 Å². The second kappa shape index (κ2) is 7.26. The summed E-state index contributed by atoms with van der Waals surface area (Å²) in [5.74, 6) is 0.506. The lowest BCUT2D eigenvalue weighted by Gasteiger charge is -2.11. The summed E-state index contributed by atoms with van der Waals surface area (Å²) in [6, 6.07) is 9.85. The molecule has 21 heavy (non-hydrogen) atoms. The van der Waals surface area contributed by atoms with Gasteiger partial charge in [0.1, 0.15) is 0 Å². The standard InChI is InChI=1S/C15H19N3O2S/c1-11(2)8-9-18-14(12-6-4-3-5-7-12)16-17-15(18)21-10-13(19)20/h3-7,11H,8-10H2,1-2H3,(H,19,20). The van der Waals surface area contributed by atoms with Gasteiger partial charge in [0.15, 0.2) is 11.0 Å². The molecule has 1 N–H and O–H groups in total. The van der Waals surface area contributed by atoms with Gasteiger partial charge in [-0.3, -0.25) is 4.79 Å². The summed E-state index contributed by atoms with van der Waals surface area (Å²) in [5, 5.41) is 17.9. The van der Waals surface area contributed by atoms with Crippen LogP contribution in [0, 0.1) is 5.92 Å². The van der Waals surface area contributed by atoms with Gasteiger partial charge in [-0.25, -0.2) is 0 Å². The van der Waals surface area contributed by atoms with E-state index in [2.05, 4.69) is 24.0 Å². The number of benzene rings is 1. The Morgan fingerprint density at radius 1 is 1.29 bits per heavy atom. The van der Waals surface area contributed by atoms with Gasteiger partial charge < -0.3 is 9.67 Å². The predicted octanol–water partition coefficient (Wildman–Crippen LogP) is 3.17. The van der Waals surface area contributed by atoms with Crippen LogP contribution >= 0.6 is 11.8 Å². The molecule has 0 saturated heterocycles. The highest BCUT2D eigenvalue weighted by molar-refractivity contribution is 7.99. The van der Waals surface area contributed by atoms with Gasteiger partial charge >= 0.3 is 5.97 Å². The molecule has 0 saturated carbocycles. The van der Waals surface area contributed by atoms with Crippen molar-refractivity contribution >= 4 is 17.7 Å². The maximum atomic E-state index is 10.7. The number of hydrogen-bond acceptors (Lipinski definition) is 4. The lowest BCUT2D eigenvalue weighted by atomic mass is 10.1. The monoisotopic (exact) mass is 305 g/mol. The molecule has 0 aliphatic rings. The van der Waals surface area contributed by atoms with Crippen molar-refractivity contribution in [2.24, 2.45) is 5.92 Å². The van der Waals surface area contributed by atoms with Gasteiger partial charge in [0.2, 0.25) is 0 Å². The van der Waals surface area contributed by atoms with Crippen molar-refractivity contribution in [3.05, 3.63) is 30.3 Å². The van der Waals surface area contributed by atoms with Crippen LogP contribution in [0.3, 0.4) is 0 Å². The van der Waals surface area contributed by atoms with Crippen LogP contribution in [0.15, 0.2) is 35.5 Å². The van der Waals surface area contributed by atoms with Gasteiger partial charge in [-0.15, -0.1) is 10.2 Å². The van der Waals surface area contributed by atoms with Crippen LogP contribution < -0.4 is 0 Å². The molecule has 2 rings (SSSR count). The maximum absolute atomic E-state index is 10.7. The van der Waals surface area contributed by atoms with Crippen molar-refractivity contribution in [1.82, 2.24) is 14.8 Å². The van der Waals surface area contributed by atoms with Gasteiger partial charge in [-0.05, 0) is 12.3 Å². The molecule has 0 radical (unpaired) electrons. The number of nitrogens with zero attached hydrogens (tertiary/aromatic N) is 3. The van der Waals surface area contributed by atoms with Crippen LogP contribution in [-0.4, -0.2) is 31.6 Å². The smallest absolute Gasteiger partial charge is 0.313 e. The average Bonchev–Trinajstić information content (AvgIpc) is 2.86. The van der Waals surface area contributed by atoms with Crippen molar-refractivity contribution in [2.45, 2.75) is 32.0 Å². The fourth-order valence-electron chi connectivity index (χ4n) is 1.91. The van der Waals surface area contributed by atoms with Crippen LogP contribution in [0.2, 0.25) is 0 Å². The number of carbonyl (C=O) groups is 1. The van der Waals surface area contributed by atoms with Gasteiger partial charge in [-0.2, -0.15) is 0 Å². The number of rotatable bonds is 7. The van der Waals surface area contributed by atoms with Gasteiger partial charge in [-0.1, -0.05) is 55.9 Å². The normalized spacial score (nSPS) is 11.0. The molecule has 2 aromatic rings. The molecule has 0 unspecified atom stereocenters. The zero-order valence-electron chi connectivity index (χ0n) is 12.2. The molecule has 112 valence electrons. The molecule has 5 nitrogen and oxygen atoms in total. The van der Waals surface area contributed by atoms with Crippen molar-refractivity contribution in [2.75, 3.05) is 5.75 Å². The Hall–Kier alpha value is -1.82. The van der Waals surface area contributed by atoms with E-state index in [1.54, 1.807) is 0 Å². The largest absolute Gasteiger partial charge is 0.481 e. The lowest BCUT2D eigenvalue weighted by Crippen LogP contribution is -2.07. The first-order chi connectivity index (χ1) is 10.1. The third-order valence-electron chi connectivity index (χ3n) is 3.00. The van der Waals surface area contributed by atoms with E-state index in [0.29, 0.717) is 11.1 Å². The average molecular weight is 305 g/mol. The minimum absolute atomic E-state index is 0.00536. The minimum Gasteiger partial charge on any atom is -0.481 e. The van der Waals surface area contributed by atoms with Crippen LogP contribution in [0.4, 0.5) is 0 Å². The Morgan fingerprint density at radius 3 is 2.62 bits per heavy atom. The third-order valence-corrected chi connectivity index (χ3v) is 3.96. The molecule has 0 spiro atoms. The summed E-state index contributed by atoms with van der Waals surface area (Å²) in [7, 11) is 0. The number of hydrogen-bond donors (Lipinski definition) is 1. The summed E-state index contributed by atoms with van der Waals surface area (Å²) in [6.07, 6.45) is 0.999. The van der Waals surface area contributed by atoms with Gasteiger partial charge in [0, 0.05) is 12.1 Å². The number of carboxylic acid groups (broad SMARTS) is 1. The first-order valence-corrected chi connectivity index (χ1v) is 7.89. The molecular formula is C15H19N3O2S. The molecule has 1 aromatic carbocycles. The van der Waals surface area contributed by atoms with Gasteiger partial charge in [0.05, 0.1) is 5.75 Å². The van der Waals surface area contributed by atoms with Crippen molar-refractivity contribution in [1.29, 1.82) is 0 Å². The molecule has 0 aliphatic heterocycles. The quantitative estimate of drug-likeness (QED) is 0.796. The second-order valence-corrected chi connectivity index (χ2v) is 6.13. The van der Waals surface area contributed by atoms with E-state index in [1.165, 1.54) is 11.8 Å². The fraction of sp³-hybridized carbons (Fsp3) is 0.400. The predicted molar refractivity (Wildman–Crippen MR) is 83.3 cm³/mol. The molecule has 1 heterocycles. The third kappa shape index (κ3) is 4.32. The molecule has 0 amide bonds. The van der Waals surface area contributed by atoms with E-state index in [1.807, 2.05) is 34.9 Å². The van der Waals surface area contributed by atoms with Crippen LogP contribution in [0.1, 0.15) is 20.3 Å². The summed E-state index contributed by atoms with van der Waals surface area (Å²) < 4.78 is 2.02. The molecule has 0 bridgehead atoms. The van der Waals surface area contributed by atoms with Crippen LogP contribution in [0.5, 0.6) is 0 Å². The van der Waals surface area contributed by atoms with E-state index in [4.69, 9.17) is 5.11 Å². The van der Waals surface area contributed by atoms with Crippen LogP contribution in [-0.2, 0) is 11.3 Å². The lowest BCUT2D eigenvalue weighted by molar-refractivity contribution is -0.133. The van der Waals surface area contributed by atoms with E-state index < -0.39 is 5.97 Å². The summed E-state index contributed by atoms with van der Waals surface area (Å²) in [5.41, 5.74) is 0.996. The Bertz CT molecular complexity index is 596. The number of thioether (sulfide) groups is 1. The molecule has 1 aromatic heterocycles. The molecule has 0 fully saturated rings. The van der Waals surface area contributed by atoms with Crippen molar-refractivity contribution in [3.8, 4) is 11.4 Å². The van der Waals surface area contributed by atoms with E-state index in [0.717, 1.165) is 24.4 Å². The highest BCUT2D eigenvalue weighted by Crippen LogP contribution is 2.24. The second-order valence-electron chi connectivity index (χ2n) is 5.19. The minimum atomic E-state index is -0.848. The van der Waals surface area contributed by atoms with E-state index >= 15 is 0 Å². The number of carboxylic acids is 1. The van der Waals surface area contributed by atoms with Crippen molar-refractivity contribution < 1.29 is 9.90 Å². The Labute approximate surface area is 128 Å². The van der Waals surface area contributed by atoms with Crippen molar-refractivity contribution in [3.63, 3.8) is 0 Å². The fourth-order valence-corrected chi connectivity index (χ4v) is 2.60. The van der Waals surface area contributed by atoms with Gasteiger partial charge in [0.25, 0.3) is 0 Å². The first kappa shape index (κ1) is 15.6. The van der Waals surface area contributed by atoms with Crippen LogP contribution in [0.25, 0.3) is 11.4 Å². The zero-order valence-corrected chi connectivity index (χ0v) is 13.0. The maximum Gasteiger partial charge on any atom is 0.313 e. The summed E-state index contributed by atoms with van der Waals surface area (Å²) in [6.45, 7) is 5.12. The Balaban J connectivity index is 2.29. The molecule has 0 aliphatic carbocycles. The Morgan fingerprint density at radius 2 is 2.00 bits per heavy atom. The summed E-state index contributed by atoms with van der Waals surface area (Å²) >= 11 is 1.21. The van der Waals surface area contributed by atoms with E-state index in [-0.39, 0.29) is 5.75 Å². The zero-order chi connectivity index (χ0) is 15.2. The SMILES string of the molecule is CC(C)CCn1c(SCC(=O)O)nnc1-c1ccccc1.